The number of carbonyl (C=O) groups is 3. The van der Waals surface area contributed by atoms with Crippen LogP contribution in [0.1, 0.15) is 31.1 Å². The third-order valence-corrected chi connectivity index (χ3v) is 5.68. The zero-order valence-electron chi connectivity index (χ0n) is 17.2. The molecule has 1 atom stereocenters. The van der Waals surface area contributed by atoms with Crippen molar-refractivity contribution in [3.8, 4) is 0 Å². The summed E-state index contributed by atoms with van der Waals surface area (Å²) in [5.74, 6) is -3.21. The number of anilines is 1. The number of esters is 1. The van der Waals surface area contributed by atoms with Crippen LogP contribution in [-0.4, -0.2) is 38.7 Å². The summed E-state index contributed by atoms with van der Waals surface area (Å²) in [4.78, 5) is 35.2. The van der Waals surface area contributed by atoms with Gasteiger partial charge in [0.2, 0.25) is 15.9 Å². The van der Waals surface area contributed by atoms with E-state index in [-0.39, 0.29) is 11.5 Å². The summed E-state index contributed by atoms with van der Waals surface area (Å²) < 4.78 is 46.0. The third kappa shape index (κ3) is 6.69. The minimum absolute atomic E-state index is 0.245. The van der Waals surface area contributed by atoms with Crippen molar-refractivity contribution >= 4 is 33.4 Å². The maximum absolute atomic E-state index is 13.9. The van der Waals surface area contributed by atoms with E-state index in [4.69, 9.17) is 4.74 Å². The number of ether oxygens (including phenoxy) is 1. The molecule has 0 aliphatic carbocycles. The van der Waals surface area contributed by atoms with E-state index >= 15 is 0 Å². The molecule has 0 radical (unpaired) electrons. The molecule has 166 valence electrons. The quantitative estimate of drug-likeness (QED) is 0.448. The number of hydrogen-bond acceptors (Lipinski definition) is 6. The lowest BCUT2D eigenvalue weighted by molar-refractivity contribution is -0.145. The molecule has 0 aliphatic rings. The van der Waals surface area contributed by atoms with Gasteiger partial charge in [-0.3, -0.25) is 14.4 Å². The van der Waals surface area contributed by atoms with Gasteiger partial charge in [0.15, 0.2) is 12.4 Å². The van der Waals surface area contributed by atoms with Crippen LogP contribution in [0.3, 0.4) is 0 Å². The molecule has 0 aliphatic heterocycles. The standard InChI is InChI=1S/C21H23FN2O6S/c1-13(2)20(24-31(28,29)19-7-5-4-6-17(19)22)21(27)30-12-18(26)15-8-10-16(11-9-15)23-14(3)25/h4-11,13,20,24H,12H2,1-3H3,(H,23,25). The third-order valence-electron chi connectivity index (χ3n) is 4.20. The Hall–Kier alpha value is -3.11. The molecule has 1 amide bonds. The fraction of sp³-hybridized carbons (Fsp3) is 0.286. The minimum Gasteiger partial charge on any atom is -0.456 e. The Morgan fingerprint density at radius 2 is 1.65 bits per heavy atom. The summed E-state index contributed by atoms with van der Waals surface area (Å²) in [6.07, 6.45) is 0. The van der Waals surface area contributed by atoms with Gasteiger partial charge in [0, 0.05) is 18.2 Å². The summed E-state index contributed by atoms with van der Waals surface area (Å²) in [6.45, 7) is 3.91. The molecule has 0 spiro atoms. The summed E-state index contributed by atoms with van der Waals surface area (Å²) in [5.41, 5.74) is 0.749. The second-order valence-electron chi connectivity index (χ2n) is 7.06. The van der Waals surface area contributed by atoms with E-state index in [1.165, 1.54) is 43.3 Å². The molecule has 2 rings (SSSR count). The Morgan fingerprint density at radius 1 is 1.03 bits per heavy atom. The average molecular weight is 450 g/mol. The van der Waals surface area contributed by atoms with Crippen molar-refractivity contribution in [1.29, 1.82) is 0 Å². The maximum Gasteiger partial charge on any atom is 0.324 e. The summed E-state index contributed by atoms with van der Waals surface area (Å²) in [7, 11) is -4.33. The van der Waals surface area contributed by atoms with Crippen LogP contribution in [0.5, 0.6) is 0 Å². The molecular formula is C21H23FN2O6S. The Kier molecular flexibility index (Phi) is 8.01. The topological polar surface area (TPSA) is 119 Å². The molecule has 0 saturated carbocycles. The molecule has 2 N–H and O–H groups in total. The maximum atomic E-state index is 13.9. The number of halogens is 1. The summed E-state index contributed by atoms with van der Waals surface area (Å²) in [6, 6.07) is 9.42. The molecule has 31 heavy (non-hydrogen) atoms. The van der Waals surface area contributed by atoms with Crippen LogP contribution in [0.15, 0.2) is 53.4 Å². The van der Waals surface area contributed by atoms with Crippen molar-refractivity contribution in [2.45, 2.75) is 31.7 Å². The van der Waals surface area contributed by atoms with Crippen LogP contribution >= 0.6 is 0 Å². The molecule has 0 bridgehead atoms. The number of Topliss-reactive ketones (excluding diaryl/α,β-unsaturated/α-hetero) is 1. The number of amides is 1. The van der Waals surface area contributed by atoms with Crippen molar-refractivity contribution < 1.29 is 31.9 Å². The zero-order chi connectivity index (χ0) is 23.2. The first-order valence-electron chi connectivity index (χ1n) is 9.35. The Balaban J connectivity index is 2.05. The number of rotatable bonds is 9. The molecular weight excluding hydrogens is 427 g/mol. The van der Waals surface area contributed by atoms with E-state index in [9.17, 15) is 27.2 Å². The molecule has 0 aromatic heterocycles. The van der Waals surface area contributed by atoms with E-state index in [0.29, 0.717) is 5.69 Å². The highest BCUT2D eigenvalue weighted by molar-refractivity contribution is 7.89. The van der Waals surface area contributed by atoms with Crippen LogP contribution in [-0.2, 0) is 24.3 Å². The Morgan fingerprint density at radius 3 is 2.19 bits per heavy atom. The normalized spacial score (nSPS) is 12.3. The van der Waals surface area contributed by atoms with Crippen LogP contribution in [0.4, 0.5) is 10.1 Å². The first-order valence-corrected chi connectivity index (χ1v) is 10.8. The molecule has 10 heteroatoms. The SMILES string of the molecule is CC(=O)Nc1ccc(C(=O)COC(=O)C(NS(=O)(=O)c2ccccc2F)C(C)C)cc1. The van der Waals surface area contributed by atoms with Gasteiger partial charge in [-0.25, -0.2) is 12.8 Å². The van der Waals surface area contributed by atoms with Crippen LogP contribution < -0.4 is 10.0 Å². The van der Waals surface area contributed by atoms with Gasteiger partial charge in [-0.15, -0.1) is 0 Å². The van der Waals surface area contributed by atoms with Gasteiger partial charge in [-0.05, 0) is 42.3 Å². The van der Waals surface area contributed by atoms with Gasteiger partial charge in [0.05, 0.1) is 0 Å². The van der Waals surface area contributed by atoms with Crippen molar-refractivity contribution in [1.82, 2.24) is 4.72 Å². The number of carbonyl (C=O) groups excluding carboxylic acids is 3. The molecule has 2 aromatic rings. The van der Waals surface area contributed by atoms with Crippen molar-refractivity contribution in [3.63, 3.8) is 0 Å². The minimum atomic E-state index is -4.33. The lowest BCUT2D eigenvalue weighted by Gasteiger charge is -2.20. The van der Waals surface area contributed by atoms with Crippen molar-refractivity contribution in [2.75, 3.05) is 11.9 Å². The highest BCUT2D eigenvalue weighted by Gasteiger charge is 2.31. The second-order valence-corrected chi connectivity index (χ2v) is 8.75. The first kappa shape index (κ1) is 24.2. The van der Waals surface area contributed by atoms with Crippen molar-refractivity contribution in [2.24, 2.45) is 5.92 Å². The van der Waals surface area contributed by atoms with Gasteiger partial charge in [-0.1, -0.05) is 26.0 Å². The van der Waals surface area contributed by atoms with Crippen LogP contribution in [0.2, 0.25) is 0 Å². The van der Waals surface area contributed by atoms with E-state index in [0.717, 1.165) is 12.1 Å². The first-order chi connectivity index (χ1) is 14.5. The van der Waals surface area contributed by atoms with Gasteiger partial charge in [0.1, 0.15) is 16.8 Å². The van der Waals surface area contributed by atoms with Gasteiger partial charge in [0.25, 0.3) is 0 Å². The Bertz CT molecular complexity index is 1070. The van der Waals surface area contributed by atoms with Crippen LogP contribution in [0, 0.1) is 11.7 Å². The fourth-order valence-corrected chi connectivity index (χ4v) is 4.01. The largest absolute Gasteiger partial charge is 0.456 e. The number of hydrogen-bond donors (Lipinski definition) is 2. The molecule has 0 heterocycles. The lowest BCUT2D eigenvalue weighted by atomic mass is 10.1. The second kappa shape index (κ2) is 10.3. The monoisotopic (exact) mass is 450 g/mol. The van der Waals surface area contributed by atoms with E-state index in [1.54, 1.807) is 13.8 Å². The van der Waals surface area contributed by atoms with Crippen LogP contribution in [0.25, 0.3) is 0 Å². The summed E-state index contributed by atoms with van der Waals surface area (Å²) >= 11 is 0. The molecule has 8 nitrogen and oxygen atoms in total. The van der Waals surface area contributed by atoms with E-state index < -0.39 is 51.1 Å². The summed E-state index contributed by atoms with van der Waals surface area (Å²) in [5, 5.41) is 2.56. The number of benzene rings is 2. The smallest absolute Gasteiger partial charge is 0.324 e. The average Bonchev–Trinajstić information content (AvgIpc) is 2.70. The van der Waals surface area contributed by atoms with Crippen molar-refractivity contribution in [3.05, 3.63) is 59.9 Å². The number of nitrogens with one attached hydrogen (secondary N) is 2. The number of ketones is 1. The predicted molar refractivity (Wildman–Crippen MR) is 111 cm³/mol. The molecule has 2 aromatic carbocycles. The fourth-order valence-electron chi connectivity index (χ4n) is 2.60. The Labute approximate surface area is 179 Å². The highest BCUT2D eigenvalue weighted by atomic mass is 32.2. The highest BCUT2D eigenvalue weighted by Crippen LogP contribution is 2.16. The van der Waals surface area contributed by atoms with Gasteiger partial charge < -0.3 is 10.1 Å². The predicted octanol–water partition coefficient (Wildman–Crippen LogP) is 2.51. The van der Waals surface area contributed by atoms with E-state index in [2.05, 4.69) is 10.0 Å². The molecule has 1 unspecified atom stereocenters. The van der Waals surface area contributed by atoms with E-state index in [1.807, 2.05) is 0 Å². The van der Waals surface area contributed by atoms with Gasteiger partial charge >= 0.3 is 5.97 Å². The number of sulfonamides is 1. The molecule has 0 fully saturated rings. The van der Waals surface area contributed by atoms with Gasteiger partial charge in [-0.2, -0.15) is 4.72 Å². The lowest BCUT2D eigenvalue weighted by Crippen LogP contribution is -2.45. The zero-order valence-corrected chi connectivity index (χ0v) is 18.0. The molecule has 0 saturated heterocycles.